The number of nitrogens with one attached hydrogen (secondary N) is 1. The summed E-state index contributed by atoms with van der Waals surface area (Å²) in [5.74, 6) is 0.0994. The van der Waals surface area contributed by atoms with E-state index in [1.165, 1.54) is 18.4 Å². The van der Waals surface area contributed by atoms with Crippen LogP contribution in [0.3, 0.4) is 0 Å². The maximum absolute atomic E-state index is 11.6. The predicted molar refractivity (Wildman–Crippen MR) is 65.4 cm³/mol. The molecule has 0 saturated heterocycles. The van der Waals surface area contributed by atoms with Crippen LogP contribution >= 0.6 is 11.3 Å². The number of ether oxygens (including phenoxy) is 2. The minimum atomic E-state index is -0.410. The van der Waals surface area contributed by atoms with Crippen molar-refractivity contribution in [3.8, 4) is 5.75 Å². The predicted octanol–water partition coefficient (Wildman–Crippen LogP) is 1.95. The molecule has 0 saturated carbocycles. The first-order chi connectivity index (χ1) is 7.65. The second kappa shape index (κ2) is 5.60. The number of esters is 1. The van der Waals surface area contributed by atoms with Gasteiger partial charge in [-0.15, -0.1) is 11.3 Å². The zero-order chi connectivity index (χ0) is 12.1. The van der Waals surface area contributed by atoms with E-state index in [2.05, 4.69) is 5.32 Å². The quantitative estimate of drug-likeness (QED) is 0.774. The second-order valence-corrected chi connectivity index (χ2v) is 3.98. The van der Waals surface area contributed by atoms with E-state index in [9.17, 15) is 4.79 Å². The third kappa shape index (κ3) is 2.38. The molecule has 0 aliphatic heterocycles. The van der Waals surface area contributed by atoms with Crippen molar-refractivity contribution in [2.75, 3.05) is 31.3 Å². The van der Waals surface area contributed by atoms with Gasteiger partial charge in [-0.05, 0) is 13.8 Å². The van der Waals surface area contributed by atoms with Crippen molar-refractivity contribution < 1.29 is 14.3 Å². The van der Waals surface area contributed by atoms with Crippen LogP contribution in [0.15, 0.2) is 0 Å². The second-order valence-electron chi connectivity index (χ2n) is 2.96. The van der Waals surface area contributed by atoms with Crippen LogP contribution < -0.4 is 15.8 Å². The molecule has 5 nitrogen and oxygen atoms in total. The average molecular weight is 244 g/mol. The van der Waals surface area contributed by atoms with Gasteiger partial charge in [-0.3, -0.25) is 0 Å². The highest BCUT2D eigenvalue weighted by Crippen LogP contribution is 2.42. The minimum absolute atomic E-state index is 0.328. The van der Waals surface area contributed by atoms with E-state index in [1.807, 2.05) is 6.92 Å². The Hall–Kier alpha value is -1.43. The lowest BCUT2D eigenvalue weighted by atomic mass is 10.3. The monoisotopic (exact) mass is 244 g/mol. The Bertz CT molecular complexity index is 376. The molecule has 0 aromatic carbocycles. The van der Waals surface area contributed by atoms with Gasteiger partial charge in [0.2, 0.25) is 0 Å². The van der Waals surface area contributed by atoms with E-state index in [-0.39, 0.29) is 0 Å². The number of anilines is 2. The maximum atomic E-state index is 11.6. The van der Waals surface area contributed by atoms with Crippen LogP contribution in [0.1, 0.15) is 23.5 Å². The van der Waals surface area contributed by atoms with Crippen molar-refractivity contribution in [3.05, 3.63) is 4.88 Å². The first-order valence-electron chi connectivity index (χ1n) is 5.02. The standard InChI is InChI=1S/C10H16N2O3S/c1-4-12-9-7(14-3)6(11)8(16-9)10(13)15-5-2/h12H,4-5,11H2,1-3H3. The number of methoxy groups -OCH3 is 1. The highest BCUT2D eigenvalue weighted by Gasteiger charge is 2.22. The van der Waals surface area contributed by atoms with E-state index in [4.69, 9.17) is 15.2 Å². The van der Waals surface area contributed by atoms with E-state index in [0.717, 1.165) is 11.5 Å². The van der Waals surface area contributed by atoms with Gasteiger partial charge in [-0.2, -0.15) is 0 Å². The summed E-state index contributed by atoms with van der Waals surface area (Å²) in [5.41, 5.74) is 6.16. The SMILES string of the molecule is CCNc1sc(C(=O)OCC)c(N)c1OC. The van der Waals surface area contributed by atoms with Crippen molar-refractivity contribution in [1.29, 1.82) is 0 Å². The fourth-order valence-corrected chi connectivity index (χ4v) is 2.31. The zero-order valence-corrected chi connectivity index (χ0v) is 10.4. The number of hydrogen-bond acceptors (Lipinski definition) is 6. The molecule has 1 aromatic heterocycles. The normalized spacial score (nSPS) is 9.94. The number of nitrogen functional groups attached to an aromatic ring is 1. The fourth-order valence-electron chi connectivity index (χ4n) is 1.26. The molecule has 0 aliphatic carbocycles. The van der Waals surface area contributed by atoms with Gasteiger partial charge in [-0.25, -0.2) is 4.79 Å². The van der Waals surface area contributed by atoms with Crippen LogP contribution in [0.25, 0.3) is 0 Å². The molecule has 1 aromatic rings. The van der Waals surface area contributed by atoms with Crippen molar-refractivity contribution in [2.24, 2.45) is 0 Å². The first kappa shape index (κ1) is 12.6. The highest BCUT2D eigenvalue weighted by molar-refractivity contribution is 7.19. The van der Waals surface area contributed by atoms with Gasteiger partial charge in [0.1, 0.15) is 15.6 Å². The summed E-state index contributed by atoms with van der Waals surface area (Å²) in [4.78, 5) is 12.0. The van der Waals surface area contributed by atoms with Crippen molar-refractivity contribution in [2.45, 2.75) is 13.8 Å². The number of carbonyl (C=O) groups excluding carboxylic acids is 1. The highest BCUT2D eigenvalue weighted by atomic mass is 32.1. The molecule has 0 bridgehead atoms. The molecular formula is C10H16N2O3S. The molecule has 0 atom stereocenters. The minimum Gasteiger partial charge on any atom is -0.492 e. The van der Waals surface area contributed by atoms with Crippen LogP contribution in [0.2, 0.25) is 0 Å². The smallest absolute Gasteiger partial charge is 0.350 e. The van der Waals surface area contributed by atoms with E-state index < -0.39 is 5.97 Å². The van der Waals surface area contributed by atoms with Gasteiger partial charge >= 0.3 is 5.97 Å². The Morgan fingerprint density at radius 1 is 1.50 bits per heavy atom. The molecule has 6 heteroatoms. The Labute approximate surface area is 98.5 Å². The summed E-state index contributed by atoms with van der Waals surface area (Å²) in [5, 5.41) is 3.85. The molecule has 90 valence electrons. The van der Waals surface area contributed by atoms with Crippen molar-refractivity contribution in [3.63, 3.8) is 0 Å². The van der Waals surface area contributed by atoms with Gasteiger partial charge in [0, 0.05) is 6.54 Å². The van der Waals surface area contributed by atoms with Crippen LogP contribution in [-0.2, 0) is 4.74 Å². The van der Waals surface area contributed by atoms with E-state index in [1.54, 1.807) is 6.92 Å². The molecule has 1 rings (SSSR count). The number of hydrogen-bond donors (Lipinski definition) is 2. The van der Waals surface area contributed by atoms with Gasteiger partial charge in [0.15, 0.2) is 5.75 Å². The fraction of sp³-hybridized carbons (Fsp3) is 0.500. The molecule has 0 aliphatic rings. The number of rotatable bonds is 5. The third-order valence-corrected chi connectivity index (χ3v) is 3.03. The summed E-state index contributed by atoms with van der Waals surface area (Å²) in [6, 6.07) is 0. The van der Waals surface area contributed by atoms with Crippen LogP contribution in [0.5, 0.6) is 5.75 Å². The number of nitrogens with two attached hydrogens (primary N) is 1. The van der Waals surface area contributed by atoms with Gasteiger partial charge in [0.05, 0.1) is 13.7 Å². The van der Waals surface area contributed by atoms with Gasteiger partial charge in [-0.1, -0.05) is 0 Å². The largest absolute Gasteiger partial charge is 0.492 e. The topological polar surface area (TPSA) is 73.6 Å². The Morgan fingerprint density at radius 2 is 2.19 bits per heavy atom. The molecule has 0 spiro atoms. The van der Waals surface area contributed by atoms with Crippen LogP contribution in [-0.4, -0.2) is 26.2 Å². The van der Waals surface area contributed by atoms with Crippen molar-refractivity contribution in [1.82, 2.24) is 0 Å². The third-order valence-electron chi connectivity index (χ3n) is 1.90. The molecule has 0 fully saturated rings. The maximum Gasteiger partial charge on any atom is 0.350 e. The van der Waals surface area contributed by atoms with E-state index in [0.29, 0.717) is 22.9 Å². The molecular weight excluding hydrogens is 228 g/mol. The van der Waals surface area contributed by atoms with Gasteiger partial charge < -0.3 is 20.5 Å². The summed E-state index contributed by atoms with van der Waals surface area (Å²) in [6.07, 6.45) is 0. The average Bonchev–Trinajstić information content (AvgIpc) is 2.56. The first-order valence-corrected chi connectivity index (χ1v) is 5.84. The Kier molecular flexibility index (Phi) is 4.42. The molecule has 1 heterocycles. The molecule has 3 N–H and O–H groups in total. The van der Waals surface area contributed by atoms with Crippen LogP contribution in [0.4, 0.5) is 10.7 Å². The lowest BCUT2D eigenvalue weighted by Crippen LogP contribution is -2.05. The lowest BCUT2D eigenvalue weighted by Gasteiger charge is -2.03. The van der Waals surface area contributed by atoms with Crippen LogP contribution in [0, 0.1) is 0 Å². The van der Waals surface area contributed by atoms with E-state index >= 15 is 0 Å². The van der Waals surface area contributed by atoms with Gasteiger partial charge in [0.25, 0.3) is 0 Å². The van der Waals surface area contributed by atoms with Crippen molar-refractivity contribution >= 4 is 28.0 Å². The number of carbonyl (C=O) groups is 1. The molecule has 0 amide bonds. The molecule has 0 radical (unpaired) electrons. The summed E-state index contributed by atoms with van der Waals surface area (Å²) >= 11 is 1.25. The molecule has 16 heavy (non-hydrogen) atoms. The zero-order valence-electron chi connectivity index (χ0n) is 9.62. The Balaban J connectivity index is 3.06. The summed E-state index contributed by atoms with van der Waals surface area (Å²) < 4.78 is 10.1. The summed E-state index contributed by atoms with van der Waals surface area (Å²) in [6.45, 7) is 4.77. The molecule has 0 unspecified atom stereocenters. The summed E-state index contributed by atoms with van der Waals surface area (Å²) in [7, 11) is 1.52. The number of thiophene rings is 1. The lowest BCUT2D eigenvalue weighted by molar-refractivity contribution is 0.0533. The Morgan fingerprint density at radius 3 is 2.69 bits per heavy atom.